The van der Waals surface area contributed by atoms with E-state index in [1.54, 1.807) is 41.5 Å². The molecule has 0 aliphatic rings. The van der Waals surface area contributed by atoms with E-state index >= 15 is 0 Å². The smallest absolute Gasteiger partial charge is 0.407 e. The van der Waals surface area contributed by atoms with Crippen LogP contribution in [-0.2, 0) is 14.3 Å². The van der Waals surface area contributed by atoms with Crippen LogP contribution in [0.4, 0.5) is 9.59 Å². The Morgan fingerprint density at radius 3 is 1.48 bits per heavy atom. The van der Waals surface area contributed by atoms with Gasteiger partial charge in [0, 0.05) is 25.3 Å². The van der Waals surface area contributed by atoms with Crippen molar-refractivity contribution in [2.75, 3.05) is 13.1 Å². The predicted molar refractivity (Wildman–Crippen MR) is 90.5 cm³/mol. The Balaban J connectivity index is 4.39. The Bertz CT molecular complexity index is 395. The Kier molecular flexibility index (Phi) is 8.44. The quantitative estimate of drug-likeness (QED) is 0.793. The molecule has 0 spiro atoms. The van der Waals surface area contributed by atoms with Crippen molar-refractivity contribution in [1.82, 2.24) is 10.6 Å². The highest BCUT2D eigenvalue weighted by molar-refractivity contribution is 8.14. The molecule has 0 unspecified atom stereocenters. The van der Waals surface area contributed by atoms with Gasteiger partial charge in [0.25, 0.3) is 0 Å². The molecule has 0 saturated carbocycles. The zero-order chi connectivity index (χ0) is 18.3. The average Bonchev–Trinajstić information content (AvgIpc) is 2.27. The molecule has 0 aromatic heterocycles. The van der Waals surface area contributed by atoms with Gasteiger partial charge in [0.2, 0.25) is 0 Å². The van der Waals surface area contributed by atoms with Gasteiger partial charge in [-0.15, -0.1) is 0 Å². The molecule has 0 heterocycles. The number of nitrogens with one attached hydrogen (secondary N) is 2. The summed E-state index contributed by atoms with van der Waals surface area (Å²) in [4.78, 5) is 34.5. The number of hydrogen-bond acceptors (Lipinski definition) is 6. The van der Waals surface area contributed by atoms with Crippen molar-refractivity contribution in [2.45, 2.75) is 64.9 Å². The molecule has 23 heavy (non-hydrogen) atoms. The highest BCUT2D eigenvalue weighted by atomic mass is 32.2. The zero-order valence-electron chi connectivity index (χ0n) is 14.9. The molecule has 0 aromatic carbocycles. The van der Waals surface area contributed by atoms with Crippen molar-refractivity contribution in [1.29, 1.82) is 0 Å². The molecule has 0 radical (unpaired) electrons. The van der Waals surface area contributed by atoms with E-state index in [1.807, 2.05) is 0 Å². The summed E-state index contributed by atoms with van der Waals surface area (Å²) < 4.78 is 10.3. The molecule has 2 amide bonds. The predicted octanol–water partition coefficient (Wildman–Crippen LogP) is 2.68. The van der Waals surface area contributed by atoms with Crippen molar-refractivity contribution in [3.8, 4) is 0 Å². The summed E-state index contributed by atoms with van der Waals surface area (Å²) in [5.74, 6) is 0. The average molecular weight is 348 g/mol. The van der Waals surface area contributed by atoms with Gasteiger partial charge in [0.05, 0.1) is 0 Å². The first-order valence-electron chi connectivity index (χ1n) is 7.39. The lowest BCUT2D eigenvalue weighted by atomic mass is 10.2. The van der Waals surface area contributed by atoms with Gasteiger partial charge in [-0.25, -0.2) is 9.59 Å². The van der Waals surface area contributed by atoms with Crippen LogP contribution in [0, 0.1) is 0 Å². The van der Waals surface area contributed by atoms with Crippen LogP contribution in [0.25, 0.3) is 0 Å². The maximum Gasteiger partial charge on any atom is 0.407 e. The van der Waals surface area contributed by atoms with E-state index in [-0.39, 0.29) is 23.5 Å². The Labute approximate surface area is 142 Å². The Morgan fingerprint density at radius 1 is 0.870 bits per heavy atom. The first-order chi connectivity index (χ1) is 10.3. The molecule has 0 aliphatic heterocycles. The van der Waals surface area contributed by atoms with E-state index in [1.165, 1.54) is 6.92 Å². The molecule has 0 bridgehead atoms. The lowest BCUT2D eigenvalue weighted by Crippen LogP contribution is -2.42. The fraction of sp³-hybridized carbons (Fsp3) is 0.800. The fourth-order valence-corrected chi connectivity index (χ4v) is 2.22. The van der Waals surface area contributed by atoms with Crippen LogP contribution >= 0.6 is 11.8 Å². The number of amides is 2. The molecule has 0 aliphatic carbocycles. The number of thioether (sulfide) groups is 1. The van der Waals surface area contributed by atoms with Gasteiger partial charge in [0.1, 0.15) is 11.2 Å². The lowest BCUT2D eigenvalue weighted by molar-refractivity contribution is -0.109. The number of ether oxygens (including phenoxy) is 2. The van der Waals surface area contributed by atoms with Gasteiger partial charge in [-0.1, -0.05) is 11.8 Å². The van der Waals surface area contributed by atoms with E-state index < -0.39 is 23.4 Å². The van der Waals surface area contributed by atoms with E-state index in [0.717, 1.165) is 11.8 Å². The third kappa shape index (κ3) is 13.9. The molecular weight excluding hydrogens is 320 g/mol. The topological polar surface area (TPSA) is 93.7 Å². The van der Waals surface area contributed by atoms with Crippen molar-refractivity contribution >= 4 is 29.1 Å². The van der Waals surface area contributed by atoms with Gasteiger partial charge in [0.15, 0.2) is 5.12 Å². The van der Waals surface area contributed by atoms with Crippen molar-refractivity contribution in [3.05, 3.63) is 0 Å². The van der Waals surface area contributed by atoms with E-state index in [2.05, 4.69) is 10.6 Å². The van der Waals surface area contributed by atoms with Crippen LogP contribution in [0.15, 0.2) is 0 Å². The van der Waals surface area contributed by atoms with E-state index in [9.17, 15) is 14.4 Å². The summed E-state index contributed by atoms with van der Waals surface area (Å²) >= 11 is 1.04. The van der Waals surface area contributed by atoms with Crippen molar-refractivity contribution < 1.29 is 23.9 Å². The fourth-order valence-electron chi connectivity index (χ4n) is 1.41. The number of alkyl carbamates (subject to hydrolysis) is 2. The number of rotatable bonds is 5. The number of hydrogen-bond donors (Lipinski definition) is 2. The monoisotopic (exact) mass is 348 g/mol. The molecule has 134 valence electrons. The first kappa shape index (κ1) is 21.6. The lowest BCUT2D eigenvalue weighted by Gasteiger charge is -2.23. The van der Waals surface area contributed by atoms with Crippen LogP contribution in [0.1, 0.15) is 48.5 Å². The zero-order valence-corrected chi connectivity index (χ0v) is 15.8. The van der Waals surface area contributed by atoms with Gasteiger partial charge in [-0.3, -0.25) is 4.79 Å². The maximum atomic E-state index is 11.6. The van der Waals surface area contributed by atoms with Gasteiger partial charge >= 0.3 is 12.2 Å². The molecular formula is C15H28N2O5S. The van der Waals surface area contributed by atoms with Crippen LogP contribution in [0.2, 0.25) is 0 Å². The molecule has 0 saturated heterocycles. The highest BCUT2D eigenvalue weighted by Crippen LogP contribution is 2.12. The molecule has 7 nitrogen and oxygen atoms in total. The van der Waals surface area contributed by atoms with Crippen LogP contribution < -0.4 is 10.6 Å². The van der Waals surface area contributed by atoms with Gasteiger partial charge in [-0.05, 0) is 41.5 Å². The van der Waals surface area contributed by atoms with Gasteiger partial charge in [-0.2, -0.15) is 0 Å². The normalized spacial score (nSPS) is 11.8. The maximum absolute atomic E-state index is 11.6. The van der Waals surface area contributed by atoms with E-state index in [4.69, 9.17) is 9.47 Å². The molecule has 0 aromatic rings. The second-order valence-electron chi connectivity index (χ2n) is 7.00. The van der Waals surface area contributed by atoms with Gasteiger partial charge < -0.3 is 20.1 Å². The minimum atomic E-state index is -0.595. The Morgan fingerprint density at radius 2 is 1.22 bits per heavy atom. The summed E-state index contributed by atoms with van der Waals surface area (Å²) in [6.45, 7) is 12.4. The third-order valence-electron chi connectivity index (χ3n) is 2.08. The SMILES string of the molecule is CC(=O)SC(CNC(=O)OC(C)(C)C)CNC(=O)OC(C)(C)C. The van der Waals surface area contributed by atoms with E-state index in [0.29, 0.717) is 0 Å². The summed E-state index contributed by atoms with van der Waals surface area (Å²) in [6.07, 6.45) is -1.13. The van der Waals surface area contributed by atoms with Crippen LogP contribution in [-0.4, -0.2) is 46.8 Å². The highest BCUT2D eigenvalue weighted by Gasteiger charge is 2.21. The van der Waals surface area contributed by atoms with Crippen molar-refractivity contribution in [3.63, 3.8) is 0 Å². The summed E-state index contributed by atoms with van der Waals surface area (Å²) in [6, 6.07) is 0. The molecule has 0 rings (SSSR count). The van der Waals surface area contributed by atoms with Crippen LogP contribution in [0.5, 0.6) is 0 Å². The Hall–Kier alpha value is -1.44. The standard InChI is InChI=1S/C15H28N2O5S/c1-10(18)23-11(8-16-12(19)21-14(2,3)4)9-17-13(20)22-15(5,6)7/h11H,8-9H2,1-7H3,(H,16,19)(H,17,20). The molecule has 2 N–H and O–H groups in total. The van der Waals surface area contributed by atoms with Crippen LogP contribution in [0.3, 0.4) is 0 Å². The summed E-state index contributed by atoms with van der Waals surface area (Å²) in [5, 5.41) is 4.76. The first-order valence-corrected chi connectivity index (χ1v) is 8.27. The number of carbonyl (C=O) groups is 3. The summed E-state index contributed by atoms with van der Waals surface area (Å²) in [5.41, 5.74) is -1.19. The molecule has 0 atom stereocenters. The summed E-state index contributed by atoms with van der Waals surface area (Å²) in [7, 11) is 0. The number of carbonyl (C=O) groups excluding carboxylic acids is 3. The largest absolute Gasteiger partial charge is 0.444 e. The third-order valence-corrected chi connectivity index (χ3v) is 3.08. The molecule has 8 heteroatoms. The molecule has 0 fully saturated rings. The minimum absolute atomic E-state index is 0.105. The minimum Gasteiger partial charge on any atom is -0.444 e. The second kappa shape index (κ2) is 9.00. The second-order valence-corrected chi connectivity index (χ2v) is 8.47. The van der Waals surface area contributed by atoms with Crippen molar-refractivity contribution in [2.24, 2.45) is 0 Å².